The van der Waals surface area contributed by atoms with E-state index in [9.17, 15) is 9.90 Å². The number of aryl methyl sites for hydroxylation is 1. The molecule has 1 amide bonds. The summed E-state index contributed by atoms with van der Waals surface area (Å²) in [4.78, 5) is 11.9. The zero-order chi connectivity index (χ0) is 12.3. The first-order chi connectivity index (χ1) is 8.16. The highest BCUT2D eigenvalue weighted by Crippen LogP contribution is 2.24. The second-order valence-corrected chi connectivity index (χ2v) is 4.51. The lowest BCUT2D eigenvalue weighted by Gasteiger charge is -2.22. The van der Waals surface area contributed by atoms with E-state index in [2.05, 4.69) is 10.6 Å². The smallest absolute Gasteiger partial charge is 0.241 e. The fourth-order valence-electron chi connectivity index (χ4n) is 2.05. The van der Waals surface area contributed by atoms with Crippen LogP contribution in [0.25, 0.3) is 0 Å². The standard InChI is InChI=1S/C13H18N2O2/c1-9-5-6-12(16)11(8-9)15-13(17)10-4-2-3-7-14-10/h5-6,8,10,14,16H,2-4,7H2,1H3,(H,15,17)/t10-/m1/s1. The van der Waals surface area contributed by atoms with Gasteiger partial charge in [-0.15, -0.1) is 0 Å². The van der Waals surface area contributed by atoms with Crippen molar-refractivity contribution in [1.29, 1.82) is 0 Å². The molecule has 4 nitrogen and oxygen atoms in total. The van der Waals surface area contributed by atoms with Gasteiger partial charge in [-0.3, -0.25) is 4.79 Å². The number of anilines is 1. The molecule has 92 valence electrons. The molecular weight excluding hydrogens is 216 g/mol. The Bertz CT molecular complexity index is 412. The SMILES string of the molecule is Cc1ccc(O)c(NC(=O)[C@H]2CCCCN2)c1. The van der Waals surface area contributed by atoms with Crippen LogP contribution in [0, 0.1) is 6.92 Å². The van der Waals surface area contributed by atoms with Gasteiger partial charge in [0, 0.05) is 0 Å². The number of hydrogen-bond acceptors (Lipinski definition) is 3. The molecule has 0 bridgehead atoms. The van der Waals surface area contributed by atoms with E-state index in [-0.39, 0.29) is 17.7 Å². The molecule has 0 aromatic heterocycles. The van der Waals surface area contributed by atoms with Crippen LogP contribution in [-0.4, -0.2) is 23.6 Å². The summed E-state index contributed by atoms with van der Waals surface area (Å²) in [5.41, 5.74) is 1.50. The number of carbonyl (C=O) groups excluding carboxylic acids is 1. The van der Waals surface area contributed by atoms with Crippen LogP contribution in [0.3, 0.4) is 0 Å². The minimum absolute atomic E-state index is 0.0643. The van der Waals surface area contributed by atoms with E-state index in [4.69, 9.17) is 0 Å². The zero-order valence-electron chi connectivity index (χ0n) is 9.99. The summed E-state index contributed by atoms with van der Waals surface area (Å²) in [6.07, 6.45) is 3.06. The molecule has 1 saturated heterocycles. The lowest BCUT2D eigenvalue weighted by Crippen LogP contribution is -2.43. The number of amides is 1. The van der Waals surface area contributed by atoms with Crippen molar-refractivity contribution in [3.05, 3.63) is 23.8 Å². The summed E-state index contributed by atoms with van der Waals surface area (Å²) >= 11 is 0. The van der Waals surface area contributed by atoms with Gasteiger partial charge >= 0.3 is 0 Å². The Labute approximate surface area is 101 Å². The highest BCUT2D eigenvalue weighted by molar-refractivity contribution is 5.96. The number of benzene rings is 1. The minimum Gasteiger partial charge on any atom is -0.506 e. The maximum absolute atomic E-state index is 11.9. The van der Waals surface area contributed by atoms with Gasteiger partial charge in [0.25, 0.3) is 0 Å². The van der Waals surface area contributed by atoms with Crippen molar-refractivity contribution in [2.24, 2.45) is 0 Å². The van der Waals surface area contributed by atoms with Crippen molar-refractivity contribution in [2.45, 2.75) is 32.2 Å². The minimum atomic E-state index is -0.135. The third kappa shape index (κ3) is 2.97. The van der Waals surface area contributed by atoms with Crippen molar-refractivity contribution in [3.8, 4) is 5.75 Å². The van der Waals surface area contributed by atoms with Gasteiger partial charge in [0.15, 0.2) is 0 Å². The maximum Gasteiger partial charge on any atom is 0.241 e. The van der Waals surface area contributed by atoms with Crippen LogP contribution in [0.5, 0.6) is 5.75 Å². The van der Waals surface area contributed by atoms with Crippen molar-refractivity contribution in [1.82, 2.24) is 5.32 Å². The van der Waals surface area contributed by atoms with Gasteiger partial charge in [0.2, 0.25) is 5.91 Å². The maximum atomic E-state index is 11.9. The Balaban J connectivity index is 2.04. The molecule has 17 heavy (non-hydrogen) atoms. The van der Waals surface area contributed by atoms with Gasteiger partial charge in [-0.1, -0.05) is 12.5 Å². The first kappa shape index (κ1) is 11.9. The number of piperidine rings is 1. The Morgan fingerprint density at radius 3 is 3.00 bits per heavy atom. The molecule has 0 unspecified atom stereocenters. The van der Waals surface area contributed by atoms with E-state index in [0.29, 0.717) is 5.69 Å². The van der Waals surface area contributed by atoms with E-state index < -0.39 is 0 Å². The highest BCUT2D eigenvalue weighted by Gasteiger charge is 2.21. The number of hydrogen-bond donors (Lipinski definition) is 3. The number of phenolic OH excluding ortho intramolecular Hbond substituents is 1. The van der Waals surface area contributed by atoms with Crippen molar-refractivity contribution in [3.63, 3.8) is 0 Å². The third-order valence-electron chi connectivity index (χ3n) is 3.04. The molecule has 1 aliphatic heterocycles. The second-order valence-electron chi connectivity index (χ2n) is 4.51. The molecule has 3 N–H and O–H groups in total. The van der Waals surface area contributed by atoms with Gasteiger partial charge in [0.1, 0.15) is 5.75 Å². The zero-order valence-corrected chi connectivity index (χ0v) is 9.99. The van der Waals surface area contributed by atoms with E-state index >= 15 is 0 Å². The number of carbonyl (C=O) groups is 1. The molecule has 2 rings (SSSR count). The summed E-state index contributed by atoms with van der Waals surface area (Å²) < 4.78 is 0. The van der Waals surface area contributed by atoms with Gasteiger partial charge in [-0.05, 0) is 44.0 Å². The van der Waals surface area contributed by atoms with Crippen molar-refractivity contribution < 1.29 is 9.90 Å². The summed E-state index contributed by atoms with van der Waals surface area (Å²) in [6, 6.07) is 5.04. The normalized spacial score (nSPS) is 19.9. The summed E-state index contributed by atoms with van der Waals surface area (Å²) in [5.74, 6) is 0.0466. The van der Waals surface area contributed by atoms with Gasteiger partial charge < -0.3 is 15.7 Å². The fourth-order valence-corrected chi connectivity index (χ4v) is 2.05. The molecule has 1 aliphatic rings. The first-order valence-corrected chi connectivity index (χ1v) is 6.00. The first-order valence-electron chi connectivity index (χ1n) is 6.00. The Kier molecular flexibility index (Phi) is 3.64. The molecule has 1 aromatic rings. The quantitative estimate of drug-likeness (QED) is 0.684. The van der Waals surface area contributed by atoms with Crippen LogP contribution in [0.4, 0.5) is 5.69 Å². The van der Waals surface area contributed by atoms with E-state index in [1.54, 1.807) is 12.1 Å². The predicted molar refractivity (Wildman–Crippen MR) is 67.1 cm³/mol. The van der Waals surface area contributed by atoms with Gasteiger partial charge in [-0.2, -0.15) is 0 Å². The Hall–Kier alpha value is -1.55. The van der Waals surface area contributed by atoms with E-state index in [1.807, 2.05) is 13.0 Å². The molecule has 0 spiro atoms. The summed E-state index contributed by atoms with van der Waals surface area (Å²) in [6.45, 7) is 2.81. The van der Waals surface area contributed by atoms with Crippen LogP contribution in [0.2, 0.25) is 0 Å². The van der Waals surface area contributed by atoms with Crippen molar-refractivity contribution in [2.75, 3.05) is 11.9 Å². The largest absolute Gasteiger partial charge is 0.506 e. The molecule has 0 saturated carbocycles. The van der Waals surface area contributed by atoms with Crippen LogP contribution in [0.1, 0.15) is 24.8 Å². The monoisotopic (exact) mass is 234 g/mol. The lowest BCUT2D eigenvalue weighted by atomic mass is 10.0. The van der Waals surface area contributed by atoms with E-state index in [0.717, 1.165) is 31.4 Å². The molecule has 1 aromatic carbocycles. The molecular formula is C13H18N2O2. The van der Waals surface area contributed by atoms with Gasteiger partial charge in [-0.25, -0.2) is 0 Å². The molecule has 1 heterocycles. The summed E-state index contributed by atoms with van der Waals surface area (Å²) in [5, 5.41) is 15.6. The average molecular weight is 234 g/mol. The highest BCUT2D eigenvalue weighted by atomic mass is 16.3. The molecule has 1 fully saturated rings. The second kappa shape index (κ2) is 5.19. The molecule has 1 atom stereocenters. The Morgan fingerprint density at radius 1 is 1.47 bits per heavy atom. The number of nitrogens with one attached hydrogen (secondary N) is 2. The van der Waals surface area contributed by atoms with Crippen LogP contribution >= 0.6 is 0 Å². The average Bonchev–Trinajstić information content (AvgIpc) is 2.35. The van der Waals surface area contributed by atoms with E-state index in [1.165, 1.54) is 0 Å². The molecule has 0 radical (unpaired) electrons. The lowest BCUT2D eigenvalue weighted by molar-refractivity contribution is -0.118. The summed E-state index contributed by atoms with van der Waals surface area (Å²) in [7, 11) is 0. The van der Waals surface area contributed by atoms with Crippen LogP contribution < -0.4 is 10.6 Å². The number of aromatic hydroxyl groups is 1. The molecule has 4 heteroatoms. The van der Waals surface area contributed by atoms with Gasteiger partial charge in [0.05, 0.1) is 11.7 Å². The number of phenols is 1. The topological polar surface area (TPSA) is 61.4 Å². The van der Waals surface area contributed by atoms with Crippen LogP contribution in [-0.2, 0) is 4.79 Å². The van der Waals surface area contributed by atoms with Crippen LogP contribution in [0.15, 0.2) is 18.2 Å². The fraction of sp³-hybridized carbons (Fsp3) is 0.462. The van der Waals surface area contributed by atoms with Crippen molar-refractivity contribution >= 4 is 11.6 Å². The molecule has 0 aliphatic carbocycles. The Morgan fingerprint density at radius 2 is 2.29 bits per heavy atom. The number of rotatable bonds is 2. The third-order valence-corrected chi connectivity index (χ3v) is 3.04. The predicted octanol–water partition coefficient (Wildman–Crippen LogP) is 1.78.